The lowest BCUT2D eigenvalue weighted by Crippen LogP contribution is -2.34. The Labute approximate surface area is 121 Å². The molecule has 0 aromatic heterocycles. The van der Waals surface area contributed by atoms with Gasteiger partial charge in [-0.3, -0.25) is 0 Å². The zero-order chi connectivity index (χ0) is 14.5. The number of hydrogen-bond donors (Lipinski definition) is 0. The number of aryl methyl sites for hydroxylation is 3. The summed E-state index contributed by atoms with van der Waals surface area (Å²) in [5, 5.41) is 4.31. The molecule has 0 unspecified atom stereocenters. The maximum atomic E-state index is 12.1. The van der Waals surface area contributed by atoms with E-state index >= 15 is 0 Å². The van der Waals surface area contributed by atoms with Gasteiger partial charge in [-0.1, -0.05) is 17.7 Å². The van der Waals surface area contributed by atoms with Gasteiger partial charge >= 0.3 is 6.09 Å². The monoisotopic (exact) mass is 275 g/mol. The summed E-state index contributed by atoms with van der Waals surface area (Å²) in [6, 6.07) is 4.25. The molecule has 1 aromatic carbocycles. The average molecular weight is 275 g/mol. The fourth-order valence-corrected chi connectivity index (χ4v) is 2.63. The first-order valence-corrected chi connectivity index (χ1v) is 7.19. The maximum Gasteiger partial charge on any atom is 0.410 e. The summed E-state index contributed by atoms with van der Waals surface area (Å²) in [4.78, 5) is 13.8. The summed E-state index contributed by atoms with van der Waals surface area (Å²) in [7, 11) is 0. The number of hydrogen-bond acceptors (Lipinski definition) is 2. The zero-order valence-corrected chi connectivity index (χ0v) is 12.6. The van der Waals surface area contributed by atoms with E-state index in [1.165, 1.54) is 16.7 Å². The Balaban J connectivity index is 1.96. The highest BCUT2D eigenvalue weighted by Gasteiger charge is 2.17. The van der Waals surface area contributed by atoms with Crippen LogP contribution in [0, 0.1) is 20.8 Å². The van der Waals surface area contributed by atoms with Gasteiger partial charge in [-0.25, -0.2) is 10.1 Å². The topological polar surface area (TPSA) is 43.6 Å². The lowest BCUT2D eigenvalue weighted by atomic mass is 10.0. The van der Waals surface area contributed by atoms with Crippen molar-refractivity contribution in [2.45, 2.75) is 33.8 Å². The largest absolute Gasteiger partial charge is 0.445 e. The van der Waals surface area contributed by atoms with Crippen molar-refractivity contribution in [3.63, 3.8) is 0 Å². The summed E-state index contributed by atoms with van der Waals surface area (Å²) in [5.74, 6) is 0. The third-order valence-electron chi connectivity index (χ3n) is 3.71. The summed E-state index contributed by atoms with van der Waals surface area (Å²) in [6.07, 6.45) is 0.707. The minimum absolute atomic E-state index is 0.221. The molecule has 0 saturated carbocycles. The molecule has 20 heavy (non-hydrogen) atoms. The first-order valence-electron chi connectivity index (χ1n) is 7.19. The SMILES string of the molecule is Cc1cc(C)c(COC(=O)N2CCC[N]CC2)c(C)c1. The molecule has 1 aliphatic rings. The summed E-state index contributed by atoms with van der Waals surface area (Å²) < 4.78 is 5.47. The van der Waals surface area contributed by atoms with Crippen LogP contribution in [0.25, 0.3) is 0 Å². The summed E-state index contributed by atoms with van der Waals surface area (Å²) in [6.45, 7) is 9.54. The minimum atomic E-state index is -0.221. The Morgan fingerprint density at radius 2 is 1.90 bits per heavy atom. The fraction of sp³-hybridized carbons (Fsp3) is 0.562. The standard InChI is InChI=1S/C16H23N2O2/c1-12-9-13(2)15(14(3)10-12)11-20-16(19)18-7-4-5-17-6-8-18/h9-10H,4-8,11H2,1-3H3. The second-order valence-corrected chi connectivity index (χ2v) is 5.44. The van der Waals surface area contributed by atoms with E-state index < -0.39 is 0 Å². The van der Waals surface area contributed by atoms with E-state index in [-0.39, 0.29) is 6.09 Å². The van der Waals surface area contributed by atoms with Crippen LogP contribution < -0.4 is 5.32 Å². The third-order valence-corrected chi connectivity index (χ3v) is 3.71. The summed E-state index contributed by atoms with van der Waals surface area (Å²) >= 11 is 0. The number of amides is 1. The molecule has 0 aliphatic carbocycles. The number of carbonyl (C=O) groups excluding carboxylic acids is 1. The van der Waals surface area contributed by atoms with Crippen LogP contribution in [0.4, 0.5) is 4.79 Å². The Morgan fingerprint density at radius 3 is 2.60 bits per heavy atom. The molecule has 0 spiro atoms. The van der Waals surface area contributed by atoms with Crippen molar-refractivity contribution >= 4 is 6.09 Å². The second kappa shape index (κ2) is 6.75. The van der Waals surface area contributed by atoms with Crippen molar-refractivity contribution in [3.8, 4) is 0 Å². The molecule has 4 nitrogen and oxygen atoms in total. The predicted octanol–water partition coefficient (Wildman–Crippen LogP) is 2.56. The van der Waals surface area contributed by atoms with Gasteiger partial charge in [-0.15, -0.1) is 0 Å². The van der Waals surface area contributed by atoms with Crippen LogP contribution in [0.15, 0.2) is 12.1 Å². The Bertz CT molecular complexity index is 454. The van der Waals surface area contributed by atoms with Gasteiger partial charge in [0.1, 0.15) is 6.61 Å². The van der Waals surface area contributed by atoms with E-state index in [2.05, 4.69) is 38.2 Å². The molecule has 109 valence electrons. The second-order valence-electron chi connectivity index (χ2n) is 5.44. The molecular weight excluding hydrogens is 252 g/mol. The highest BCUT2D eigenvalue weighted by atomic mass is 16.6. The predicted molar refractivity (Wildman–Crippen MR) is 78.9 cm³/mol. The highest BCUT2D eigenvalue weighted by Crippen LogP contribution is 2.17. The number of benzene rings is 1. The van der Waals surface area contributed by atoms with E-state index in [0.717, 1.165) is 31.6 Å². The molecule has 1 radical (unpaired) electrons. The Kier molecular flexibility index (Phi) is 5.01. The molecule has 0 bridgehead atoms. The molecule has 1 aliphatic heterocycles. The van der Waals surface area contributed by atoms with Crippen LogP contribution >= 0.6 is 0 Å². The van der Waals surface area contributed by atoms with E-state index in [4.69, 9.17) is 4.74 Å². The number of ether oxygens (including phenoxy) is 1. The number of nitrogens with zero attached hydrogens (tertiary/aromatic N) is 2. The van der Waals surface area contributed by atoms with Crippen molar-refractivity contribution in [2.24, 2.45) is 0 Å². The molecule has 1 heterocycles. The number of rotatable bonds is 2. The van der Waals surface area contributed by atoms with Gasteiger partial charge < -0.3 is 9.64 Å². The quantitative estimate of drug-likeness (QED) is 0.832. The smallest absolute Gasteiger partial charge is 0.410 e. The highest BCUT2D eigenvalue weighted by molar-refractivity contribution is 5.67. The molecule has 0 N–H and O–H groups in total. The van der Waals surface area contributed by atoms with Crippen LogP contribution in [0.3, 0.4) is 0 Å². The van der Waals surface area contributed by atoms with Gasteiger partial charge in [0.15, 0.2) is 0 Å². The minimum Gasteiger partial charge on any atom is -0.445 e. The van der Waals surface area contributed by atoms with Crippen molar-refractivity contribution in [2.75, 3.05) is 26.2 Å². The van der Waals surface area contributed by atoms with Crippen molar-refractivity contribution in [1.29, 1.82) is 0 Å². The first kappa shape index (κ1) is 14.9. The van der Waals surface area contributed by atoms with Crippen molar-refractivity contribution in [3.05, 3.63) is 34.4 Å². The summed E-state index contributed by atoms with van der Waals surface area (Å²) in [5.41, 5.74) is 4.72. The van der Waals surface area contributed by atoms with Gasteiger partial charge in [0, 0.05) is 26.2 Å². The number of carbonyl (C=O) groups is 1. The molecule has 1 saturated heterocycles. The lowest BCUT2D eigenvalue weighted by Gasteiger charge is -2.20. The fourth-order valence-electron chi connectivity index (χ4n) is 2.63. The van der Waals surface area contributed by atoms with Crippen LogP contribution in [-0.4, -0.2) is 37.2 Å². The molecule has 4 heteroatoms. The van der Waals surface area contributed by atoms with Crippen LogP contribution in [0.5, 0.6) is 0 Å². The van der Waals surface area contributed by atoms with Gasteiger partial charge in [-0.2, -0.15) is 0 Å². The molecule has 0 atom stereocenters. The zero-order valence-electron chi connectivity index (χ0n) is 12.6. The molecule has 1 fully saturated rings. The van der Waals surface area contributed by atoms with Gasteiger partial charge in [0.2, 0.25) is 0 Å². The van der Waals surface area contributed by atoms with Gasteiger partial charge in [-0.05, 0) is 43.9 Å². The molecule has 2 rings (SSSR count). The van der Waals surface area contributed by atoms with Gasteiger partial charge in [0.05, 0.1) is 0 Å². The Hall–Kier alpha value is -1.55. The molecule has 1 amide bonds. The van der Waals surface area contributed by atoms with Crippen LogP contribution in [0.1, 0.15) is 28.7 Å². The normalized spacial score (nSPS) is 15.8. The maximum absolute atomic E-state index is 12.1. The van der Waals surface area contributed by atoms with E-state index in [0.29, 0.717) is 13.2 Å². The Morgan fingerprint density at radius 1 is 1.20 bits per heavy atom. The average Bonchev–Trinajstić information content (AvgIpc) is 2.66. The molecule has 1 aromatic rings. The van der Waals surface area contributed by atoms with Crippen molar-refractivity contribution < 1.29 is 9.53 Å². The van der Waals surface area contributed by atoms with E-state index in [1.54, 1.807) is 4.90 Å². The van der Waals surface area contributed by atoms with Crippen LogP contribution in [0.2, 0.25) is 0 Å². The lowest BCUT2D eigenvalue weighted by molar-refractivity contribution is 0.0981. The van der Waals surface area contributed by atoms with Crippen LogP contribution in [-0.2, 0) is 11.3 Å². The third kappa shape index (κ3) is 3.73. The van der Waals surface area contributed by atoms with Crippen molar-refractivity contribution in [1.82, 2.24) is 10.2 Å². The van der Waals surface area contributed by atoms with E-state index in [1.807, 2.05) is 0 Å². The van der Waals surface area contributed by atoms with Gasteiger partial charge in [0.25, 0.3) is 0 Å². The molecular formula is C16H23N2O2. The van der Waals surface area contributed by atoms with E-state index in [9.17, 15) is 4.79 Å². The first-order chi connectivity index (χ1) is 9.58.